The quantitative estimate of drug-likeness (QED) is 0.854. The average Bonchev–Trinajstić information content (AvgIpc) is 2.98. The van der Waals surface area contributed by atoms with Gasteiger partial charge in [0.15, 0.2) is 0 Å². The Balaban J connectivity index is 2.14. The highest BCUT2D eigenvalue weighted by Crippen LogP contribution is 2.23. The zero-order valence-electron chi connectivity index (χ0n) is 12.6. The number of aryl methyl sites for hydroxylation is 1. The van der Waals surface area contributed by atoms with Crippen molar-refractivity contribution in [3.8, 4) is 0 Å². The fourth-order valence-electron chi connectivity index (χ4n) is 2.13. The van der Waals surface area contributed by atoms with Crippen LogP contribution in [0, 0.1) is 6.92 Å². The Bertz CT molecular complexity index is 696. The minimum absolute atomic E-state index is 0.118. The van der Waals surface area contributed by atoms with E-state index in [0.717, 1.165) is 28.7 Å². The van der Waals surface area contributed by atoms with Crippen LogP contribution in [0.5, 0.6) is 0 Å². The van der Waals surface area contributed by atoms with Crippen molar-refractivity contribution in [1.29, 1.82) is 0 Å². The highest BCUT2D eigenvalue weighted by Gasteiger charge is 2.13. The van der Waals surface area contributed by atoms with Gasteiger partial charge < -0.3 is 9.73 Å². The number of nitrogens with zero attached hydrogens (tertiary/aromatic N) is 1. The molecule has 0 unspecified atom stereocenters. The van der Waals surface area contributed by atoms with Crippen molar-refractivity contribution in [2.75, 3.05) is 13.6 Å². The minimum atomic E-state index is -0.118. The Morgan fingerprint density at radius 1 is 1.38 bits per heavy atom. The fraction of sp³-hybridized carbons (Fsp3) is 0.294. The Kier molecular flexibility index (Phi) is 4.93. The van der Waals surface area contributed by atoms with Crippen molar-refractivity contribution in [2.45, 2.75) is 20.3 Å². The van der Waals surface area contributed by atoms with Crippen LogP contribution in [0.1, 0.15) is 29.3 Å². The van der Waals surface area contributed by atoms with Crippen LogP contribution in [0.2, 0.25) is 0 Å². The van der Waals surface area contributed by atoms with E-state index in [2.05, 4.69) is 17.2 Å². The van der Waals surface area contributed by atoms with E-state index >= 15 is 0 Å². The number of carbonyl (C=O) groups is 1. The topological polar surface area (TPSA) is 54.6 Å². The number of hydrogen-bond donors (Lipinski definition) is 1. The van der Waals surface area contributed by atoms with Crippen LogP contribution < -0.4 is 5.32 Å². The third kappa shape index (κ3) is 3.40. The molecule has 0 aliphatic rings. The Morgan fingerprint density at radius 2 is 2.19 bits per heavy atom. The lowest BCUT2D eigenvalue weighted by molar-refractivity contribution is 0.0961. The summed E-state index contributed by atoms with van der Waals surface area (Å²) >= 11 is 0. The van der Waals surface area contributed by atoms with Crippen molar-refractivity contribution in [2.24, 2.45) is 4.99 Å². The standard InChI is InChI=1S/C17H20N2O2/c1-4-5-6-13(18-3)11-19-17(20)15-8-7-12(2)16-14(15)9-10-21-16/h5-10H,4,11H2,1-3H3,(H,19,20)/b6-5-,18-13?. The summed E-state index contributed by atoms with van der Waals surface area (Å²) in [6, 6.07) is 5.54. The van der Waals surface area contributed by atoms with E-state index in [1.54, 1.807) is 13.3 Å². The van der Waals surface area contributed by atoms with Crippen LogP contribution in [0.4, 0.5) is 0 Å². The zero-order valence-corrected chi connectivity index (χ0v) is 12.6. The molecule has 0 saturated carbocycles. The van der Waals surface area contributed by atoms with E-state index < -0.39 is 0 Å². The first-order valence-corrected chi connectivity index (χ1v) is 7.04. The number of allylic oxidation sites excluding steroid dienone is 1. The third-order valence-electron chi connectivity index (χ3n) is 3.32. The molecule has 1 aromatic carbocycles. The predicted octanol–water partition coefficient (Wildman–Crippen LogP) is 3.51. The smallest absolute Gasteiger partial charge is 0.252 e. The molecule has 4 heteroatoms. The number of rotatable bonds is 5. The highest BCUT2D eigenvalue weighted by atomic mass is 16.3. The SMILES string of the molecule is CC/C=C\C(CNC(=O)c1ccc(C)c2occc12)=NC. The maximum absolute atomic E-state index is 12.3. The summed E-state index contributed by atoms with van der Waals surface area (Å²) in [4.78, 5) is 16.5. The number of fused-ring (bicyclic) bond motifs is 1. The van der Waals surface area contributed by atoms with Crippen LogP contribution in [0.25, 0.3) is 11.0 Å². The second kappa shape index (κ2) is 6.88. The van der Waals surface area contributed by atoms with Gasteiger partial charge in [0.05, 0.1) is 24.1 Å². The second-order valence-corrected chi connectivity index (χ2v) is 4.80. The van der Waals surface area contributed by atoms with Gasteiger partial charge in [0.1, 0.15) is 5.58 Å². The summed E-state index contributed by atoms with van der Waals surface area (Å²) in [7, 11) is 1.72. The molecule has 1 amide bonds. The molecule has 1 aromatic heterocycles. The van der Waals surface area contributed by atoms with Crippen LogP contribution in [0.15, 0.2) is 46.0 Å². The fourth-order valence-corrected chi connectivity index (χ4v) is 2.13. The molecule has 0 saturated heterocycles. The summed E-state index contributed by atoms with van der Waals surface area (Å²) in [5.41, 5.74) is 3.26. The van der Waals surface area contributed by atoms with Gasteiger partial charge in [-0.05, 0) is 37.1 Å². The molecule has 2 rings (SSSR count). The summed E-state index contributed by atoms with van der Waals surface area (Å²) in [5.74, 6) is -0.118. The molecular formula is C17H20N2O2. The van der Waals surface area contributed by atoms with E-state index in [9.17, 15) is 4.79 Å². The molecule has 0 radical (unpaired) electrons. The molecule has 0 spiro atoms. The van der Waals surface area contributed by atoms with Gasteiger partial charge in [0.25, 0.3) is 5.91 Å². The number of aliphatic imine (C=N–C) groups is 1. The molecule has 21 heavy (non-hydrogen) atoms. The maximum atomic E-state index is 12.3. The highest BCUT2D eigenvalue weighted by molar-refractivity contribution is 6.08. The molecular weight excluding hydrogens is 264 g/mol. The molecule has 1 heterocycles. The van der Waals surface area contributed by atoms with Crippen molar-refractivity contribution in [3.63, 3.8) is 0 Å². The van der Waals surface area contributed by atoms with Gasteiger partial charge in [-0.2, -0.15) is 0 Å². The predicted molar refractivity (Wildman–Crippen MR) is 86.1 cm³/mol. The second-order valence-electron chi connectivity index (χ2n) is 4.80. The largest absolute Gasteiger partial charge is 0.464 e. The third-order valence-corrected chi connectivity index (χ3v) is 3.32. The van der Waals surface area contributed by atoms with E-state index in [1.807, 2.05) is 37.3 Å². The molecule has 0 aliphatic carbocycles. The first-order chi connectivity index (χ1) is 10.2. The van der Waals surface area contributed by atoms with E-state index in [0.29, 0.717) is 12.1 Å². The molecule has 1 N–H and O–H groups in total. The molecule has 2 aromatic rings. The van der Waals surface area contributed by atoms with Gasteiger partial charge in [-0.15, -0.1) is 0 Å². The molecule has 0 fully saturated rings. The van der Waals surface area contributed by atoms with Gasteiger partial charge >= 0.3 is 0 Å². The van der Waals surface area contributed by atoms with Gasteiger partial charge in [-0.1, -0.05) is 19.1 Å². The number of nitrogens with one attached hydrogen (secondary N) is 1. The van der Waals surface area contributed by atoms with Crippen LogP contribution >= 0.6 is 0 Å². The molecule has 4 nitrogen and oxygen atoms in total. The van der Waals surface area contributed by atoms with Gasteiger partial charge in [-0.3, -0.25) is 9.79 Å². The number of amides is 1. The van der Waals surface area contributed by atoms with Gasteiger partial charge in [0, 0.05) is 12.4 Å². The van der Waals surface area contributed by atoms with Crippen molar-refractivity contribution in [1.82, 2.24) is 5.32 Å². The summed E-state index contributed by atoms with van der Waals surface area (Å²) in [6.45, 7) is 4.44. The van der Waals surface area contributed by atoms with Crippen LogP contribution in [-0.2, 0) is 0 Å². The Hall–Kier alpha value is -2.36. The molecule has 0 aliphatic heterocycles. The maximum Gasteiger partial charge on any atom is 0.252 e. The first kappa shape index (κ1) is 15.0. The zero-order chi connectivity index (χ0) is 15.2. The van der Waals surface area contributed by atoms with Crippen molar-refractivity contribution >= 4 is 22.6 Å². The molecule has 0 bridgehead atoms. The summed E-state index contributed by atoms with van der Waals surface area (Å²) < 4.78 is 5.42. The van der Waals surface area contributed by atoms with Crippen LogP contribution in [0.3, 0.4) is 0 Å². The average molecular weight is 284 g/mol. The number of benzene rings is 1. The Morgan fingerprint density at radius 3 is 2.90 bits per heavy atom. The lowest BCUT2D eigenvalue weighted by atomic mass is 10.1. The Labute approximate surface area is 124 Å². The van der Waals surface area contributed by atoms with Gasteiger partial charge in [0.2, 0.25) is 0 Å². The number of hydrogen-bond acceptors (Lipinski definition) is 3. The van der Waals surface area contributed by atoms with Crippen molar-refractivity contribution < 1.29 is 9.21 Å². The summed E-state index contributed by atoms with van der Waals surface area (Å²) in [5, 5.41) is 3.74. The first-order valence-electron chi connectivity index (χ1n) is 7.04. The van der Waals surface area contributed by atoms with Crippen molar-refractivity contribution in [3.05, 3.63) is 47.7 Å². The minimum Gasteiger partial charge on any atom is -0.464 e. The van der Waals surface area contributed by atoms with E-state index in [1.165, 1.54) is 0 Å². The lowest BCUT2D eigenvalue weighted by Crippen LogP contribution is -2.29. The van der Waals surface area contributed by atoms with Crippen LogP contribution in [-0.4, -0.2) is 25.2 Å². The van der Waals surface area contributed by atoms with E-state index in [-0.39, 0.29) is 5.91 Å². The summed E-state index contributed by atoms with van der Waals surface area (Å²) in [6.07, 6.45) is 6.51. The lowest BCUT2D eigenvalue weighted by Gasteiger charge is -2.07. The number of furan rings is 1. The molecule has 110 valence electrons. The number of carbonyl (C=O) groups excluding carboxylic acids is 1. The van der Waals surface area contributed by atoms with Gasteiger partial charge in [-0.25, -0.2) is 0 Å². The van der Waals surface area contributed by atoms with E-state index in [4.69, 9.17) is 4.42 Å². The molecule has 0 atom stereocenters. The monoisotopic (exact) mass is 284 g/mol. The normalized spacial score (nSPS) is 12.2.